The molecule has 23 heavy (non-hydrogen) atoms. The predicted molar refractivity (Wildman–Crippen MR) is 91.4 cm³/mol. The first kappa shape index (κ1) is 15.5. The van der Waals surface area contributed by atoms with Gasteiger partial charge in [-0.1, -0.05) is 0 Å². The Morgan fingerprint density at radius 3 is 2.74 bits per heavy atom. The molecular weight excluding hydrogens is 308 g/mol. The SMILES string of the molecule is Cc1ncc(CN2CCN(C(=O)C3CC34CCNCC4)CC2)s1. The Bertz CT molecular complexity index is 573. The second-order valence-electron chi connectivity index (χ2n) is 7.32. The van der Waals surface area contributed by atoms with Gasteiger partial charge in [-0.15, -0.1) is 11.3 Å². The van der Waals surface area contributed by atoms with Gasteiger partial charge < -0.3 is 10.2 Å². The third-order valence-electron chi connectivity index (χ3n) is 5.82. The third-order valence-corrected chi connectivity index (χ3v) is 6.72. The van der Waals surface area contributed by atoms with Crippen molar-refractivity contribution in [1.29, 1.82) is 0 Å². The lowest BCUT2D eigenvalue weighted by atomic mass is 9.91. The summed E-state index contributed by atoms with van der Waals surface area (Å²) in [5.41, 5.74) is 0.361. The minimum absolute atomic E-state index is 0.320. The molecule has 2 aliphatic heterocycles. The van der Waals surface area contributed by atoms with E-state index < -0.39 is 0 Å². The molecule has 0 aromatic carbocycles. The minimum atomic E-state index is 0.320. The molecule has 1 aromatic heterocycles. The van der Waals surface area contributed by atoms with Crippen molar-refractivity contribution >= 4 is 17.2 Å². The van der Waals surface area contributed by atoms with Crippen LogP contribution in [0.2, 0.25) is 0 Å². The van der Waals surface area contributed by atoms with Crippen molar-refractivity contribution in [2.24, 2.45) is 11.3 Å². The highest BCUT2D eigenvalue weighted by Crippen LogP contribution is 2.59. The first-order chi connectivity index (χ1) is 11.2. The highest BCUT2D eigenvalue weighted by Gasteiger charge is 2.58. The number of rotatable bonds is 3. The summed E-state index contributed by atoms with van der Waals surface area (Å²) in [6.45, 7) is 8.97. The number of piperidine rings is 1. The first-order valence-corrected chi connectivity index (χ1v) is 9.61. The van der Waals surface area contributed by atoms with Gasteiger partial charge in [0.25, 0.3) is 0 Å². The van der Waals surface area contributed by atoms with Crippen molar-refractivity contribution in [1.82, 2.24) is 20.1 Å². The molecule has 3 heterocycles. The molecule has 1 saturated carbocycles. The number of carbonyl (C=O) groups excluding carboxylic acids is 1. The fourth-order valence-electron chi connectivity index (χ4n) is 4.22. The van der Waals surface area contributed by atoms with E-state index in [1.807, 2.05) is 6.20 Å². The largest absolute Gasteiger partial charge is 0.340 e. The molecule has 1 unspecified atom stereocenters. The van der Waals surface area contributed by atoms with Gasteiger partial charge in [-0.25, -0.2) is 4.98 Å². The molecule has 0 radical (unpaired) electrons. The van der Waals surface area contributed by atoms with Gasteiger partial charge in [0.05, 0.1) is 5.01 Å². The second-order valence-corrected chi connectivity index (χ2v) is 8.64. The first-order valence-electron chi connectivity index (χ1n) is 8.79. The monoisotopic (exact) mass is 334 g/mol. The summed E-state index contributed by atoms with van der Waals surface area (Å²) in [4.78, 5) is 23.0. The van der Waals surface area contributed by atoms with Crippen LogP contribution < -0.4 is 5.32 Å². The quantitative estimate of drug-likeness (QED) is 0.910. The molecule has 3 fully saturated rings. The lowest BCUT2D eigenvalue weighted by Gasteiger charge is -2.35. The molecule has 1 spiro atoms. The average Bonchev–Trinajstić information content (AvgIpc) is 3.09. The lowest BCUT2D eigenvalue weighted by molar-refractivity contribution is -0.135. The van der Waals surface area contributed by atoms with E-state index in [-0.39, 0.29) is 0 Å². The Morgan fingerprint density at radius 1 is 1.35 bits per heavy atom. The summed E-state index contributed by atoms with van der Waals surface area (Å²) >= 11 is 1.78. The van der Waals surface area contributed by atoms with E-state index in [2.05, 4.69) is 27.0 Å². The zero-order valence-corrected chi connectivity index (χ0v) is 14.7. The van der Waals surface area contributed by atoms with Gasteiger partial charge in [0.2, 0.25) is 5.91 Å². The zero-order chi connectivity index (χ0) is 15.9. The number of thiazole rings is 1. The topological polar surface area (TPSA) is 48.5 Å². The Hall–Kier alpha value is -0.980. The molecule has 4 rings (SSSR count). The number of hydrogen-bond acceptors (Lipinski definition) is 5. The van der Waals surface area contributed by atoms with E-state index in [4.69, 9.17) is 0 Å². The Labute approximate surface area is 142 Å². The minimum Gasteiger partial charge on any atom is -0.340 e. The average molecular weight is 334 g/mol. The van der Waals surface area contributed by atoms with Crippen LogP contribution in [-0.2, 0) is 11.3 Å². The smallest absolute Gasteiger partial charge is 0.226 e. The van der Waals surface area contributed by atoms with Gasteiger partial charge in [0.15, 0.2) is 0 Å². The van der Waals surface area contributed by atoms with Crippen LogP contribution in [0.25, 0.3) is 0 Å². The van der Waals surface area contributed by atoms with Gasteiger partial charge in [-0.2, -0.15) is 0 Å². The van der Waals surface area contributed by atoms with Crippen molar-refractivity contribution in [3.63, 3.8) is 0 Å². The molecule has 1 atom stereocenters. The van der Waals surface area contributed by atoms with E-state index in [1.165, 1.54) is 17.7 Å². The van der Waals surface area contributed by atoms with Gasteiger partial charge in [0.1, 0.15) is 0 Å². The molecule has 1 aliphatic carbocycles. The molecule has 2 saturated heterocycles. The summed E-state index contributed by atoms with van der Waals surface area (Å²) in [5.74, 6) is 0.750. The summed E-state index contributed by atoms with van der Waals surface area (Å²) in [5, 5.41) is 4.55. The fraction of sp³-hybridized carbons (Fsp3) is 0.765. The van der Waals surface area contributed by atoms with Crippen molar-refractivity contribution in [2.45, 2.75) is 32.7 Å². The predicted octanol–water partition coefficient (Wildman–Crippen LogP) is 1.49. The van der Waals surface area contributed by atoms with Crippen LogP contribution in [0.15, 0.2) is 6.20 Å². The normalized spacial score (nSPS) is 27.3. The van der Waals surface area contributed by atoms with Crippen molar-refractivity contribution in [3.8, 4) is 0 Å². The number of amides is 1. The van der Waals surface area contributed by atoms with Crippen LogP contribution in [0.4, 0.5) is 0 Å². The Morgan fingerprint density at radius 2 is 2.09 bits per heavy atom. The number of hydrogen-bond donors (Lipinski definition) is 1. The van der Waals surface area contributed by atoms with Crippen LogP contribution in [0.5, 0.6) is 0 Å². The maximum Gasteiger partial charge on any atom is 0.226 e. The molecule has 1 amide bonds. The van der Waals surface area contributed by atoms with Crippen LogP contribution in [0, 0.1) is 18.3 Å². The maximum absolute atomic E-state index is 12.8. The molecule has 1 N–H and O–H groups in total. The molecule has 5 nitrogen and oxygen atoms in total. The molecule has 3 aliphatic rings. The number of aromatic nitrogens is 1. The maximum atomic E-state index is 12.8. The van der Waals surface area contributed by atoms with Crippen LogP contribution in [0.3, 0.4) is 0 Å². The lowest BCUT2D eigenvalue weighted by Crippen LogP contribution is -2.49. The number of nitrogens with one attached hydrogen (secondary N) is 1. The molecule has 6 heteroatoms. The molecule has 0 bridgehead atoms. The molecular formula is C17H26N4OS. The second kappa shape index (κ2) is 6.15. The van der Waals surface area contributed by atoms with Crippen molar-refractivity contribution in [2.75, 3.05) is 39.3 Å². The standard InChI is InChI=1S/C17H26N4OS/c1-13-19-11-14(23-13)12-20-6-8-21(9-7-20)16(22)15-10-17(15)2-4-18-5-3-17/h11,15,18H,2-10,12H2,1H3. The Balaban J connectivity index is 1.27. The van der Waals surface area contributed by atoms with E-state index in [9.17, 15) is 4.79 Å². The number of carbonyl (C=O) groups is 1. The zero-order valence-electron chi connectivity index (χ0n) is 13.9. The number of aryl methyl sites for hydroxylation is 1. The van der Waals surface area contributed by atoms with Gasteiger partial charge in [-0.3, -0.25) is 9.69 Å². The van der Waals surface area contributed by atoms with Gasteiger partial charge in [-0.05, 0) is 44.7 Å². The Kier molecular flexibility index (Phi) is 4.15. The number of nitrogens with zero attached hydrogens (tertiary/aromatic N) is 3. The summed E-state index contributed by atoms with van der Waals surface area (Å²) in [7, 11) is 0. The van der Waals surface area contributed by atoms with E-state index in [0.29, 0.717) is 17.2 Å². The van der Waals surface area contributed by atoms with Crippen LogP contribution >= 0.6 is 11.3 Å². The molecule has 1 aromatic rings. The van der Waals surface area contributed by atoms with Crippen LogP contribution in [0.1, 0.15) is 29.1 Å². The van der Waals surface area contributed by atoms with E-state index in [1.54, 1.807) is 11.3 Å². The highest BCUT2D eigenvalue weighted by atomic mass is 32.1. The third kappa shape index (κ3) is 3.16. The summed E-state index contributed by atoms with van der Waals surface area (Å²) in [6, 6.07) is 0. The van der Waals surface area contributed by atoms with Crippen molar-refractivity contribution in [3.05, 3.63) is 16.1 Å². The van der Waals surface area contributed by atoms with Gasteiger partial charge in [0, 0.05) is 49.7 Å². The molecule has 126 valence electrons. The fourth-order valence-corrected chi connectivity index (χ4v) is 5.06. The van der Waals surface area contributed by atoms with E-state index in [0.717, 1.165) is 57.2 Å². The summed E-state index contributed by atoms with van der Waals surface area (Å²) in [6.07, 6.45) is 5.50. The van der Waals surface area contributed by atoms with Crippen molar-refractivity contribution < 1.29 is 4.79 Å². The van der Waals surface area contributed by atoms with E-state index >= 15 is 0 Å². The summed E-state index contributed by atoms with van der Waals surface area (Å²) < 4.78 is 0. The van der Waals surface area contributed by atoms with Crippen LogP contribution in [-0.4, -0.2) is 60.0 Å². The highest BCUT2D eigenvalue weighted by molar-refractivity contribution is 7.11. The van der Waals surface area contributed by atoms with Gasteiger partial charge >= 0.3 is 0 Å². The number of piperazine rings is 1.